The summed E-state index contributed by atoms with van der Waals surface area (Å²) in [5.74, 6) is -1.17. The highest BCUT2D eigenvalue weighted by Crippen LogP contribution is 2.25. The summed E-state index contributed by atoms with van der Waals surface area (Å²) in [6.07, 6.45) is 10.1. The molecule has 0 bridgehead atoms. The number of amides is 1. The molecule has 0 radical (unpaired) electrons. The van der Waals surface area contributed by atoms with Crippen LogP contribution in [0.25, 0.3) is 0 Å². The number of benzene rings is 3. The fourth-order valence-corrected chi connectivity index (χ4v) is 4.51. The molecule has 53 heavy (non-hydrogen) atoms. The van der Waals surface area contributed by atoms with E-state index >= 15 is 0 Å². The number of anilines is 1. The second-order valence-electron chi connectivity index (χ2n) is 11.4. The number of rotatable bonds is 21. The van der Waals surface area contributed by atoms with Crippen molar-refractivity contribution in [2.45, 2.75) is 58.3 Å². The van der Waals surface area contributed by atoms with Gasteiger partial charge in [0.15, 0.2) is 0 Å². The minimum Gasteiger partial charge on any atom is -0.494 e. The Bertz CT molecular complexity index is 1630. The lowest BCUT2D eigenvalue weighted by atomic mass is 10.1. The first-order valence-electron chi connectivity index (χ1n) is 17.4. The van der Waals surface area contributed by atoms with Gasteiger partial charge in [-0.3, -0.25) is 4.79 Å². The molecule has 1 amide bonds. The Morgan fingerprint density at radius 2 is 1.13 bits per heavy atom. The monoisotopic (exact) mass is 731 g/mol. The van der Waals surface area contributed by atoms with Crippen LogP contribution in [0.4, 0.5) is 5.69 Å². The molecule has 0 aliphatic carbocycles. The molecule has 0 saturated heterocycles. The van der Waals surface area contributed by atoms with Gasteiger partial charge in [-0.2, -0.15) is 0 Å². The number of carbonyl (C=O) groups is 5. The van der Waals surface area contributed by atoms with Gasteiger partial charge in [0.05, 0.1) is 50.9 Å². The Hall–Kier alpha value is -5.91. The maximum Gasteiger partial charge on any atom is 0.343 e. The number of ether oxygens (including phenoxy) is 6. The molecule has 3 rings (SSSR count). The molecule has 12 nitrogen and oxygen atoms in total. The maximum atomic E-state index is 13.0. The molecule has 0 atom stereocenters. The lowest BCUT2D eigenvalue weighted by Crippen LogP contribution is -2.16. The highest BCUT2D eigenvalue weighted by molar-refractivity contribution is 6.08. The van der Waals surface area contributed by atoms with E-state index in [1.807, 2.05) is 0 Å². The Labute approximate surface area is 311 Å². The minimum atomic E-state index is -0.708. The second kappa shape index (κ2) is 25.1. The molecule has 0 spiro atoms. The van der Waals surface area contributed by atoms with Gasteiger partial charge in [-0.05, 0) is 98.8 Å². The molecule has 3 aromatic rings. The first kappa shape index (κ1) is 43.3. The number of hydrogen-bond acceptors (Lipinski definition) is 11. The number of hydrogen-bond donors (Lipinski definition) is 1. The highest BCUT2D eigenvalue weighted by atomic mass is 16.5. The van der Waals surface area contributed by atoms with Crippen molar-refractivity contribution < 1.29 is 52.4 Å². The highest BCUT2D eigenvalue weighted by Gasteiger charge is 2.18. The van der Waals surface area contributed by atoms with E-state index < -0.39 is 29.8 Å². The van der Waals surface area contributed by atoms with Crippen LogP contribution in [0, 0.1) is 0 Å². The van der Waals surface area contributed by atoms with Crippen LogP contribution in [0.1, 0.15) is 89.4 Å². The fourth-order valence-electron chi connectivity index (χ4n) is 4.51. The summed E-state index contributed by atoms with van der Waals surface area (Å²) in [5, 5.41) is 2.72. The summed E-state index contributed by atoms with van der Waals surface area (Å²) in [7, 11) is 2.53. The van der Waals surface area contributed by atoms with E-state index in [0.29, 0.717) is 42.4 Å². The van der Waals surface area contributed by atoms with Crippen LogP contribution in [0.2, 0.25) is 0 Å². The standard InChI is InChI=1S/C37H43NO9.C4H6O2/c1-4-6-7-10-23-44-30-19-15-28(16-20-30)36(41)47-31-21-22-33(32(26-31)37(42)43-3)38-35(40)27-13-17-29(18-14-27)45-24-11-8-9-12-25-46-34(39)5-2;1-3-4(5)6-2/h5,13-22,26H,2,4,6-12,23-25H2,1,3H3,(H,38,40);3H,1H2,2H3. The zero-order chi connectivity index (χ0) is 38.8. The quantitative estimate of drug-likeness (QED) is 0.0374. The summed E-state index contributed by atoms with van der Waals surface area (Å²) < 4.78 is 31.0. The van der Waals surface area contributed by atoms with Crippen molar-refractivity contribution in [1.82, 2.24) is 0 Å². The molecule has 284 valence electrons. The third-order valence-electron chi connectivity index (χ3n) is 7.41. The van der Waals surface area contributed by atoms with Gasteiger partial charge in [0.2, 0.25) is 0 Å². The van der Waals surface area contributed by atoms with Crippen molar-refractivity contribution in [3.05, 3.63) is 109 Å². The van der Waals surface area contributed by atoms with Gasteiger partial charge in [0, 0.05) is 17.7 Å². The average molecular weight is 732 g/mol. The van der Waals surface area contributed by atoms with Gasteiger partial charge < -0.3 is 33.7 Å². The molecule has 0 aliphatic heterocycles. The van der Waals surface area contributed by atoms with Gasteiger partial charge in [-0.25, -0.2) is 19.2 Å². The maximum absolute atomic E-state index is 13.0. The van der Waals surface area contributed by atoms with Crippen LogP contribution in [-0.4, -0.2) is 63.8 Å². The Kier molecular flexibility index (Phi) is 20.5. The summed E-state index contributed by atoms with van der Waals surface area (Å²) in [6, 6.07) is 17.6. The Morgan fingerprint density at radius 3 is 1.64 bits per heavy atom. The van der Waals surface area contributed by atoms with E-state index in [2.05, 4.69) is 30.1 Å². The third kappa shape index (κ3) is 16.8. The first-order chi connectivity index (χ1) is 25.6. The first-order valence-corrected chi connectivity index (χ1v) is 17.4. The van der Waals surface area contributed by atoms with Crippen molar-refractivity contribution in [3.63, 3.8) is 0 Å². The Morgan fingerprint density at radius 1 is 0.604 bits per heavy atom. The predicted molar refractivity (Wildman–Crippen MR) is 201 cm³/mol. The van der Waals surface area contributed by atoms with Crippen molar-refractivity contribution in [1.29, 1.82) is 0 Å². The fraction of sp³-hybridized carbons (Fsp3) is 0.341. The van der Waals surface area contributed by atoms with Crippen LogP contribution in [0.3, 0.4) is 0 Å². The van der Waals surface area contributed by atoms with Gasteiger partial charge in [0.25, 0.3) is 5.91 Å². The summed E-state index contributed by atoms with van der Waals surface area (Å²) >= 11 is 0. The molecule has 3 aromatic carbocycles. The van der Waals surface area contributed by atoms with Crippen LogP contribution < -0.4 is 19.5 Å². The lowest BCUT2D eigenvalue weighted by molar-refractivity contribution is -0.138. The smallest absolute Gasteiger partial charge is 0.343 e. The molecule has 12 heteroatoms. The predicted octanol–water partition coefficient (Wildman–Crippen LogP) is 7.92. The normalized spacial score (nSPS) is 10.0. The average Bonchev–Trinajstić information content (AvgIpc) is 3.19. The summed E-state index contributed by atoms with van der Waals surface area (Å²) in [6.45, 7) is 10.2. The van der Waals surface area contributed by atoms with Crippen LogP contribution in [0.15, 0.2) is 92.0 Å². The lowest BCUT2D eigenvalue weighted by Gasteiger charge is -2.13. The molecule has 0 unspecified atom stereocenters. The van der Waals surface area contributed by atoms with Crippen molar-refractivity contribution in [2.75, 3.05) is 39.4 Å². The number of methoxy groups -OCH3 is 2. The molecule has 0 aromatic heterocycles. The molecule has 0 aliphatic rings. The van der Waals surface area contributed by atoms with E-state index in [0.717, 1.165) is 57.1 Å². The minimum absolute atomic E-state index is 0.0248. The van der Waals surface area contributed by atoms with Crippen molar-refractivity contribution >= 4 is 35.5 Å². The number of nitrogens with one attached hydrogen (secondary N) is 1. The molecule has 0 saturated carbocycles. The zero-order valence-corrected chi connectivity index (χ0v) is 30.7. The van der Waals surface area contributed by atoms with E-state index in [9.17, 15) is 24.0 Å². The third-order valence-corrected chi connectivity index (χ3v) is 7.41. The topological polar surface area (TPSA) is 153 Å². The van der Waals surface area contributed by atoms with Crippen LogP contribution in [0.5, 0.6) is 17.2 Å². The van der Waals surface area contributed by atoms with Gasteiger partial charge >= 0.3 is 23.9 Å². The number of carbonyl (C=O) groups excluding carboxylic acids is 5. The van der Waals surface area contributed by atoms with E-state index in [1.54, 1.807) is 48.5 Å². The zero-order valence-electron chi connectivity index (χ0n) is 30.7. The van der Waals surface area contributed by atoms with E-state index in [-0.39, 0.29) is 17.0 Å². The molecule has 0 fully saturated rings. The van der Waals surface area contributed by atoms with Crippen molar-refractivity contribution in [2.24, 2.45) is 0 Å². The summed E-state index contributed by atoms with van der Waals surface area (Å²) in [5.41, 5.74) is 0.890. The second-order valence-corrected chi connectivity index (χ2v) is 11.4. The SMILES string of the molecule is C=CC(=O)OC.C=CC(=O)OCCCCCCOc1ccc(C(=O)Nc2ccc(OC(=O)c3ccc(OCCCCCC)cc3)cc2C(=O)OC)cc1. The van der Waals surface area contributed by atoms with Gasteiger partial charge in [-0.15, -0.1) is 0 Å². The van der Waals surface area contributed by atoms with Crippen molar-refractivity contribution in [3.8, 4) is 17.2 Å². The summed E-state index contributed by atoms with van der Waals surface area (Å²) in [4.78, 5) is 59.2. The molecule has 0 heterocycles. The van der Waals surface area contributed by atoms with E-state index in [1.165, 1.54) is 38.8 Å². The van der Waals surface area contributed by atoms with Gasteiger partial charge in [-0.1, -0.05) is 39.3 Å². The van der Waals surface area contributed by atoms with Gasteiger partial charge in [0.1, 0.15) is 17.2 Å². The largest absolute Gasteiger partial charge is 0.494 e. The van der Waals surface area contributed by atoms with Crippen LogP contribution >= 0.6 is 0 Å². The Balaban J connectivity index is 0.00000149. The van der Waals surface area contributed by atoms with Crippen LogP contribution in [-0.2, 0) is 23.8 Å². The molecular weight excluding hydrogens is 682 g/mol. The number of unbranched alkanes of at least 4 members (excludes halogenated alkanes) is 6. The molecular formula is C41H49NO11. The number of esters is 4. The van der Waals surface area contributed by atoms with E-state index in [4.69, 9.17) is 23.7 Å². The molecule has 1 N–H and O–H groups in total.